The van der Waals surface area contributed by atoms with Crippen LogP contribution >= 0.6 is 11.8 Å². The standard InChI is InChI=1S/C19H14F5N3O2S/c1-27-10-15(16(26-27)17(20)21)29-18(28)25-14-5-3-2-4-13(14)11-6-8-12(9-7-11)30-19(22,23)24/h2-10,17H,1H3,(H,25,28). The molecule has 1 aromatic heterocycles. The second-order valence-corrected chi connectivity index (χ2v) is 7.12. The molecule has 0 atom stereocenters. The van der Waals surface area contributed by atoms with Crippen LogP contribution in [0.5, 0.6) is 5.75 Å². The van der Waals surface area contributed by atoms with Gasteiger partial charge in [0.1, 0.15) is 0 Å². The fourth-order valence-electron chi connectivity index (χ4n) is 2.63. The Kier molecular flexibility index (Phi) is 6.30. The zero-order valence-electron chi connectivity index (χ0n) is 15.3. The average Bonchev–Trinajstić information content (AvgIpc) is 3.02. The number of carbonyl (C=O) groups is 1. The molecule has 0 aliphatic carbocycles. The molecule has 0 aliphatic rings. The second kappa shape index (κ2) is 8.74. The third-order valence-corrected chi connectivity index (χ3v) is 4.53. The van der Waals surface area contributed by atoms with E-state index in [0.717, 1.165) is 10.9 Å². The minimum atomic E-state index is -4.39. The molecule has 0 saturated carbocycles. The van der Waals surface area contributed by atoms with Crippen molar-refractivity contribution in [3.8, 4) is 16.9 Å². The van der Waals surface area contributed by atoms with Gasteiger partial charge < -0.3 is 4.74 Å². The van der Waals surface area contributed by atoms with Crippen molar-refractivity contribution >= 4 is 23.5 Å². The Morgan fingerprint density at radius 2 is 1.80 bits per heavy atom. The summed E-state index contributed by atoms with van der Waals surface area (Å²) in [5, 5.41) is 6.01. The molecule has 1 N–H and O–H groups in total. The molecular weight excluding hydrogens is 429 g/mol. The van der Waals surface area contributed by atoms with Crippen molar-refractivity contribution in [3.05, 3.63) is 60.4 Å². The zero-order chi connectivity index (χ0) is 21.9. The maximum Gasteiger partial charge on any atom is 0.446 e. The molecule has 0 spiro atoms. The van der Waals surface area contributed by atoms with Gasteiger partial charge in [0.2, 0.25) is 0 Å². The van der Waals surface area contributed by atoms with Crippen LogP contribution in [0, 0.1) is 0 Å². The number of halogens is 5. The maximum atomic E-state index is 13.0. The number of nitrogens with one attached hydrogen (secondary N) is 1. The lowest BCUT2D eigenvalue weighted by atomic mass is 10.0. The second-order valence-electron chi connectivity index (χ2n) is 5.99. The summed E-state index contributed by atoms with van der Waals surface area (Å²) in [6.07, 6.45) is -2.79. The Labute approximate surface area is 171 Å². The van der Waals surface area contributed by atoms with Crippen LogP contribution < -0.4 is 10.1 Å². The highest BCUT2D eigenvalue weighted by Crippen LogP contribution is 2.38. The molecule has 0 unspecified atom stereocenters. The summed E-state index contributed by atoms with van der Waals surface area (Å²) in [6, 6.07) is 12.1. The number of amides is 1. The molecule has 5 nitrogen and oxygen atoms in total. The number of alkyl halides is 5. The average molecular weight is 443 g/mol. The number of aromatic nitrogens is 2. The molecule has 1 heterocycles. The number of ether oxygens (including phenoxy) is 1. The Morgan fingerprint density at radius 1 is 1.13 bits per heavy atom. The van der Waals surface area contributed by atoms with Crippen LogP contribution in [0.4, 0.5) is 32.4 Å². The number of benzene rings is 2. The van der Waals surface area contributed by atoms with Crippen LogP contribution in [0.3, 0.4) is 0 Å². The van der Waals surface area contributed by atoms with E-state index in [0.29, 0.717) is 16.8 Å². The Hall–Kier alpha value is -3.08. The van der Waals surface area contributed by atoms with Crippen molar-refractivity contribution < 1.29 is 31.5 Å². The van der Waals surface area contributed by atoms with Gasteiger partial charge in [-0.2, -0.15) is 18.3 Å². The summed E-state index contributed by atoms with van der Waals surface area (Å²) >= 11 is -0.233. The van der Waals surface area contributed by atoms with E-state index >= 15 is 0 Å². The third kappa shape index (κ3) is 5.50. The fraction of sp³-hybridized carbons (Fsp3) is 0.158. The van der Waals surface area contributed by atoms with Crippen molar-refractivity contribution in [2.24, 2.45) is 7.05 Å². The molecule has 158 valence electrons. The maximum absolute atomic E-state index is 13.0. The summed E-state index contributed by atoms with van der Waals surface area (Å²) < 4.78 is 69.4. The first-order valence-electron chi connectivity index (χ1n) is 8.38. The number of nitrogens with zero attached hydrogens (tertiary/aromatic N) is 2. The molecule has 3 aromatic rings. The Balaban J connectivity index is 1.78. The van der Waals surface area contributed by atoms with E-state index in [-0.39, 0.29) is 22.4 Å². The van der Waals surface area contributed by atoms with Crippen molar-refractivity contribution in [2.45, 2.75) is 16.8 Å². The van der Waals surface area contributed by atoms with Gasteiger partial charge in [0.05, 0.1) is 11.9 Å². The minimum Gasteiger partial charge on any atom is -0.406 e. The van der Waals surface area contributed by atoms with Gasteiger partial charge in [-0.25, -0.2) is 13.6 Å². The molecule has 1 amide bonds. The van der Waals surface area contributed by atoms with E-state index in [1.54, 1.807) is 24.3 Å². The molecule has 0 fully saturated rings. The topological polar surface area (TPSA) is 56.1 Å². The van der Waals surface area contributed by atoms with Gasteiger partial charge in [0.25, 0.3) is 6.43 Å². The number of rotatable bonds is 5. The highest BCUT2D eigenvalue weighted by atomic mass is 32.2. The van der Waals surface area contributed by atoms with E-state index in [1.165, 1.54) is 31.3 Å². The predicted octanol–water partition coefficient (Wildman–Crippen LogP) is 6.25. The van der Waals surface area contributed by atoms with Crippen LogP contribution in [0.25, 0.3) is 11.1 Å². The number of para-hydroxylation sites is 1. The first-order chi connectivity index (χ1) is 14.1. The van der Waals surface area contributed by atoms with Crippen LogP contribution in [0.2, 0.25) is 0 Å². The Morgan fingerprint density at radius 3 is 2.43 bits per heavy atom. The van der Waals surface area contributed by atoms with Crippen molar-refractivity contribution in [1.82, 2.24) is 9.78 Å². The number of carbonyl (C=O) groups excluding carboxylic acids is 1. The first-order valence-corrected chi connectivity index (χ1v) is 9.20. The van der Waals surface area contributed by atoms with Gasteiger partial charge in [-0.15, -0.1) is 0 Å². The highest BCUT2D eigenvalue weighted by Gasteiger charge is 2.29. The number of thioether (sulfide) groups is 1. The zero-order valence-corrected chi connectivity index (χ0v) is 16.1. The Bertz CT molecular complexity index is 1040. The monoisotopic (exact) mass is 443 g/mol. The molecule has 0 aliphatic heterocycles. The summed E-state index contributed by atoms with van der Waals surface area (Å²) in [4.78, 5) is 12.2. The van der Waals surface area contributed by atoms with Crippen molar-refractivity contribution in [3.63, 3.8) is 0 Å². The molecule has 30 heavy (non-hydrogen) atoms. The summed E-state index contributed by atoms with van der Waals surface area (Å²) in [5.74, 6) is -0.379. The predicted molar refractivity (Wildman–Crippen MR) is 102 cm³/mol. The van der Waals surface area contributed by atoms with Crippen LogP contribution in [0.1, 0.15) is 12.1 Å². The number of anilines is 1. The molecule has 0 radical (unpaired) electrons. The smallest absolute Gasteiger partial charge is 0.406 e. The van der Waals surface area contributed by atoms with E-state index in [9.17, 15) is 26.7 Å². The number of hydrogen-bond donors (Lipinski definition) is 1. The van der Waals surface area contributed by atoms with Gasteiger partial charge in [0, 0.05) is 17.5 Å². The lowest BCUT2D eigenvalue weighted by Crippen LogP contribution is -2.17. The van der Waals surface area contributed by atoms with Crippen molar-refractivity contribution in [2.75, 3.05) is 5.32 Å². The minimum absolute atomic E-state index is 0.0206. The summed E-state index contributed by atoms with van der Waals surface area (Å²) in [7, 11) is 1.41. The van der Waals surface area contributed by atoms with Gasteiger partial charge in [0.15, 0.2) is 11.4 Å². The molecule has 0 saturated heterocycles. The van der Waals surface area contributed by atoms with Gasteiger partial charge in [-0.3, -0.25) is 10.00 Å². The summed E-state index contributed by atoms with van der Waals surface area (Å²) in [5.41, 5.74) is -3.71. The van der Waals surface area contributed by atoms with E-state index in [1.807, 2.05) is 0 Å². The van der Waals surface area contributed by atoms with Gasteiger partial charge >= 0.3 is 11.6 Å². The first kappa shape index (κ1) is 21.6. The normalized spacial score (nSPS) is 11.6. The van der Waals surface area contributed by atoms with Crippen LogP contribution in [0.15, 0.2) is 59.6 Å². The summed E-state index contributed by atoms with van der Waals surface area (Å²) in [6.45, 7) is 0. The number of hydrogen-bond acceptors (Lipinski definition) is 4. The molecule has 2 aromatic carbocycles. The molecule has 11 heteroatoms. The fourth-order valence-corrected chi connectivity index (χ4v) is 3.17. The van der Waals surface area contributed by atoms with Crippen molar-refractivity contribution in [1.29, 1.82) is 0 Å². The van der Waals surface area contributed by atoms with Gasteiger partial charge in [-0.05, 0) is 35.5 Å². The highest BCUT2D eigenvalue weighted by molar-refractivity contribution is 8.00. The molecule has 3 rings (SSSR count). The van der Waals surface area contributed by atoms with Gasteiger partial charge in [-0.1, -0.05) is 30.3 Å². The van der Waals surface area contributed by atoms with Crippen LogP contribution in [-0.2, 0) is 7.05 Å². The quantitative estimate of drug-likeness (QED) is 0.374. The van der Waals surface area contributed by atoms with E-state index in [2.05, 4.69) is 10.4 Å². The lowest BCUT2D eigenvalue weighted by Gasteiger charge is -2.12. The largest absolute Gasteiger partial charge is 0.446 e. The lowest BCUT2D eigenvalue weighted by molar-refractivity contribution is -0.0328. The van der Waals surface area contributed by atoms with Crippen LogP contribution in [-0.4, -0.2) is 21.4 Å². The molecular formula is C19H14F5N3O2S. The SMILES string of the molecule is Cn1cc(OC(=O)Nc2ccccc2-c2ccc(SC(F)(F)F)cc2)c(C(F)F)n1. The molecule has 0 bridgehead atoms. The van der Waals surface area contributed by atoms with E-state index in [4.69, 9.17) is 4.74 Å². The number of aryl methyl sites for hydroxylation is 1. The van der Waals surface area contributed by atoms with E-state index < -0.39 is 23.7 Å². The third-order valence-electron chi connectivity index (χ3n) is 3.79.